The molecule has 0 bridgehead atoms. The van der Waals surface area contributed by atoms with Crippen molar-refractivity contribution >= 4 is 13.3 Å². The molecule has 0 aliphatic rings. The van der Waals surface area contributed by atoms with Gasteiger partial charge >= 0.3 is 26.2 Å². The maximum Gasteiger partial charge on any atom is 4.00 e. The van der Waals surface area contributed by atoms with Gasteiger partial charge in [0.05, 0.1) is 0 Å². The van der Waals surface area contributed by atoms with E-state index in [0.717, 1.165) is 0 Å². The molecule has 0 nitrogen and oxygen atoms in total. The Labute approximate surface area is 120 Å². The van der Waals surface area contributed by atoms with Crippen molar-refractivity contribution in [3.63, 3.8) is 0 Å². The van der Waals surface area contributed by atoms with Gasteiger partial charge in [-0.1, -0.05) is 19.6 Å². The van der Waals surface area contributed by atoms with Crippen molar-refractivity contribution in [2.75, 3.05) is 0 Å². The summed E-state index contributed by atoms with van der Waals surface area (Å²) in [6.45, 7) is 7.09. The largest absolute Gasteiger partial charge is 4.00 e. The Balaban J connectivity index is -0.000000101. The van der Waals surface area contributed by atoms with Crippen LogP contribution in [0.15, 0.2) is 24.3 Å². The molecule has 0 aromatic heterocycles. The molecule has 13 heavy (non-hydrogen) atoms. The van der Waals surface area contributed by atoms with Crippen LogP contribution in [-0.4, -0.2) is 8.07 Å². The molecule has 0 saturated heterocycles. The maximum absolute atomic E-state index is 2.36. The van der Waals surface area contributed by atoms with Gasteiger partial charge in [0.15, 0.2) is 0 Å². The first-order valence-electron chi connectivity index (χ1n) is 3.33. The summed E-state index contributed by atoms with van der Waals surface area (Å²) in [5.74, 6) is 0. The molecule has 0 unspecified atom stereocenters. The average Bonchev–Trinajstić information content (AvgIpc) is 2.08. The van der Waals surface area contributed by atoms with Gasteiger partial charge in [-0.05, 0) is 0 Å². The van der Waals surface area contributed by atoms with Crippen LogP contribution >= 0.6 is 0 Å². The summed E-state index contributed by atoms with van der Waals surface area (Å²) in [7, 11) is -0.981. The third-order valence-corrected chi connectivity index (χ3v) is 3.59. The average molecular weight is 335 g/mol. The standard InChI is InChI=1S/C8H13Si.3ClH.Zr/c1-9(2,3)8-6-4-5-7-8;;;;/h4-7H,1-3H3;3*1H;/q-1;;;;+4/p-3. The predicted octanol–water partition coefficient (Wildman–Crippen LogP) is -7.04. The molecule has 0 saturated carbocycles. The Morgan fingerprint density at radius 3 is 1.31 bits per heavy atom. The number of rotatable bonds is 1. The van der Waals surface area contributed by atoms with E-state index in [4.69, 9.17) is 0 Å². The molecule has 0 fully saturated rings. The molecule has 0 amide bonds. The molecule has 74 valence electrons. The third-order valence-electron chi connectivity index (χ3n) is 1.53. The van der Waals surface area contributed by atoms with Crippen molar-refractivity contribution in [1.82, 2.24) is 0 Å². The summed E-state index contributed by atoms with van der Waals surface area (Å²) in [6, 6.07) is 8.69. The molecule has 1 rings (SSSR count). The minimum Gasteiger partial charge on any atom is -1.00 e. The molecule has 0 atom stereocenters. The Kier molecular flexibility index (Phi) is 18.1. The summed E-state index contributed by atoms with van der Waals surface area (Å²) in [6.07, 6.45) is 0. The fourth-order valence-corrected chi connectivity index (χ4v) is 2.07. The van der Waals surface area contributed by atoms with Crippen molar-refractivity contribution in [2.45, 2.75) is 19.6 Å². The zero-order valence-electron chi connectivity index (χ0n) is 7.94. The second-order valence-electron chi connectivity index (χ2n) is 3.42. The second-order valence-corrected chi connectivity index (χ2v) is 8.50. The van der Waals surface area contributed by atoms with Crippen LogP contribution in [0, 0.1) is 0 Å². The monoisotopic (exact) mass is 332 g/mol. The smallest absolute Gasteiger partial charge is 1.00 e. The molecule has 0 spiro atoms. The molecule has 0 radical (unpaired) electrons. The van der Waals surface area contributed by atoms with Gasteiger partial charge < -0.3 is 37.2 Å². The second kappa shape index (κ2) is 9.86. The predicted molar refractivity (Wildman–Crippen MR) is 45.0 cm³/mol. The van der Waals surface area contributed by atoms with Crippen molar-refractivity contribution in [3.05, 3.63) is 24.3 Å². The van der Waals surface area contributed by atoms with Crippen LogP contribution < -0.4 is 42.4 Å². The van der Waals surface area contributed by atoms with Crippen LogP contribution in [0.4, 0.5) is 0 Å². The first kappa shape index (κ1) is 23.9. The molecule has 0 heterocycles. The first-order chi connectivity index (χ1) is 4.11. The number of halogens is 3. The Morgan fingerprint density at radius 1 is 0.846 bits per heavy atom. The minimum atomic E-state index is -0.981. The molecule has 0 aliphatic carbocycles. The van der Waals surface area contributed by atoms with Crippen molar-refractivity contribution in [3.8, 4) is 0 Å². The van der Waals surface area contributed by atoms with Crippen LogP contribution in [0.5, 0.6) is 0 Å². The van der Waals surface area contributed by atoms with E-state index in [1.807, 2.05) is 0 Å². The Bertz CT molecular complexity index is 182. The van der Waals surface area contributed by atoms with E-state index < -0.39 is 8.07 Å². The summed E-state index contributed by atoms with van der Waals surface area (Å²) >= 11 is 0. The van der Waals surface area contributed by atoms with E-state index in [9.17, 15) is 0 Å². The number of hydrogen-bond acceptors (Lipinski definition) is 0. The van der Waals surface area contributed by atoms with Crippen LogP contribution in [0.3, 0.4) is 0 Å². The summed E-state index contributed by atoms with van der Waals surface area (Å²) in [5.41, 5.74) is 0. The summed E-state index contributed by atoms with van der Waals surface area (Å²) in [5, 5.41) is 1.56. The van der Waals surface area contributed by atoms with Gasteiger partial charge in [0.1, 0.15) is 0 Å². The normalized spacial score (nSPS) is 8.23. The Morgan fingerprint density at radius 2 is 1.15 bits per heavy atom. The third kappa shape index (κ3) is 8.32. The molecule has 1 aromatic carbocycles. The minimum absolute atomic E-state index is 0. The van der Waals surface area contributed by atoms with E-state index in [1.54, 1.807) is 5.19 Å². The molecular weight excluding hydrogens is 322 g/mol. The van der Waals surface area contributed by atoms with E-state index in [1.165, 1.54) is 0 Å². The van der Waals surface area contributed by atoms with Gasteiger partial charge in [-0.2, -0.15) is 17.3 Å². The molecule has 5 heteroatoms. The van der Waals surface area contributed by atoms with E-state index in [-0.39, 0.29) is 63.4 Å². The van der Waals surface area contributed by atoms with Crippen molar-refractivity contribution < 1.29 is 63.4 Å². The van der Waals surface area contributed by atoms with Gasteiger partial charge in [0, 0.05) is 8.07 Å². The first-order valence-corrected chi connectivity index (χ1v) is 6.83. The van der Waals surface area contributed by atoms with E-state index in [2.05, 4.69) is 43.9 Å². The quantitative estimate of drug-likeness (QED) is 0.354. The van der Waals surface area contributed by atoms with Crippen LogP contribution in [-0.2, 0) is 26.2 Å². The van der Waals surface area contributed by atoms with Gasteiger partial charge in [-0.25, -0.2) is 12.1 Å². The summed E-state index contributed by atoms with van der Waals surface area (Å²) in [4.78, 5) is 0. The van der Waals surface area contributed by atoms with Gasteiger partial charge in [0.2, 0.25) is 0 Å². The van der Waals surface area contributed by atoms with Gasteiger partial charge in [-0.15, -0.1) is 0 Å². The van der Waals surface area contributed by atoms with Crippen molar-refractivity contribution in [2.24, 2.45) is 0 Å². The van der Waals surface area contributed by atoms with Gasteiger partial charge in [-0.3, -0.25) is 0 Å². The molecule has 1 aromatic rings. The zero-order valence-corrected chi connectivity index (χ0v) is 13.7. The number of hydrogen-bond donors (Lipinski definition) is 0. The SMILES string of the molecule is C[Si](C)(C)[c-]1cccc1.[Cl-].[Cl-].[Cl-].[Zr+4]. The topological polar surface area (TPSA) is 0 Å². The molecule has 0 aliphatic heterocycles. The van der Waals surface area contributed by atoms with Crippen LogP contribution in [0.1, 0.15) is 0 Å². The van der Waals surface area contributed by atoms with Crippen LogP contribution in [0.25, 0.3) is 0 Å². The summed E-state index contributed by atoms with van der Waals surface area (Å²) < 4.78 is 0. The maximum atomic E-state index is 2.36. The molecular formula is C8H13Cl3SiZr. The van der Waals surface area contributed by atoms with Crippen molar-refractivity contribution in [1.29, 1.82) is 0 Å². The Hall–Kier alpha value is 1.32. The van der Waals surface area contributed by atoms with E-state index in [0.29, 0.717) is 0 Å². The zero-order chi connectivity index (χ0) is 6.91. The fourth-order valence-electron chi connectivity index (χ4n) is 0.874. The van der Waals surface area contributed by atoms with Gasteiger partial charge in [0.25, 0.3) is 0 Å². The molecule has 0 N–H and O–H groups in total. The van der Waals surface area contributed by atoms with Crippen LogP contribution in [0.2, 0.25) is 19.6 Å². The van der Waals surface area contributed by atoms with E-state index >= 15 is 0 Å². The fraction of sp³-hybridized carbons (Fsp3) is 0.375.